The number of urea groups is 1. The Morgan fingerprint density at radius 2 is 1.36 bits per heavy atom. The second kappa shape index (κ2) is 30.2. The third-order valence-electron chi connectivity index (χ3n) is 13.8. The van der Waals surface area contributed by atoms with Crippen molar-refractivity contribution in [1.82, 2.24) is 35.4 Å². The van der Waals surface area contributed by atoms with E-state index in [4.69, 9.17) is 15.2 Å². The second-order valence-electron chi connectivity index (χ2n) is 24.0. The number of imide groups is 1. The van der Waals surface area contributed by atoms with E-state index >= 15 is 0 Å². The van der Waals surface area contributed by atoms with Gasteiger partial charge in [0.1, 0.15) is 17.7 Å². The molecule has 0 unspecified atom stereocenters. The van der Waals surface area contributed by atoms with Crippen molar-refractivity contribution in [2.45, 2.75) is 156 Å². The maximum absolute atomic E-state index is 14.7. The molecule has 1 aliphatic rings. The Kier molecular flexibility index (Phi) is 25.4. The fourth-order valence-electron chi connectivity index (χ4n) is 9.17. The van der Waals surface area contributed by atoms with Crippen LogP contribution in [0.2, 0.25) is 0 Å². The summed E-state index contributed by atoms with van der Waals surface area (Å²) in [5, 5.41) is 10.8. The van der Waals surface area contributed by atoms with E-state index in [1.54, 1.807) is 55.4 Å². The molecule has 7 N–H and O–H groups in total. The minimum Gasteiger partial charge on any atom is -0.444 e. The molecule has 5 atom stereocenters. The number of anilines is 1. The van der Waals surface area contributed by atoms with Crippen LogP contribution in [0.3, 0.4) is 0 Å². The molecule has 1 aliphatic heterocycles. The molecule has 2 aromatic rings. The summed E-state index contributed by atoms with van der Waals surface area (Å²) < 4.78 is 40.5. The number of rotatable bonds is 29. The van der Waals surface area contributed by atoms with Gasteiger partial charge >= 0.3 is 12.1 Å². The van der Waals surface area contributed by atoms with Crippen LogP contribution < -0.4 is 31.7 Å². The highest BCUT2D eigenvalue weighted by atomic mass is 32.2. The van der Waals surface area contributed by atoms with E-state index in [1.165, 1.54) is 61.2 Å². The van der Waals surface area contributed by atoms with Gasteiger partial charge in [0.25, 0.3) is 27.7 Å². The Balaban J connectivity index is 1.77. The van der Waals surface area contributed by atoms with Gasteiger partial charge in [-0.25, -0.2) is 22.7 Å². The van der Waals surface area contributed by atoms with Crippen molar-refractivity contribution in [2.75, 3.05) is 45.7 Å². The molecular formula is C59H87N9O14S. The number of carbonyl (C=O) groups excluding carboxylic acids is 10. The van der Waals surface area contributed by atoms with Crippen molar-refractivity contribution in [3.8, 4) is 0 Å². The second-order valence-corrected chi connectivity index (χ2v) is 25.7. The van der Waals surface area contributed by atoms with E-state index in [0.717, 1.165) is 22.6 Å². The number of hydrogen-bond acceptors (Lipinski definition) is 14. The summed E-state index contributed by atoms with van der Waals surface area (Å²) in [6.45, 7) is 22.6. The van der Waals surface area contributed by atoms with Gasteiger partial charge in [-0.2, -0.15) is 0 Å². The molecule has 0 fully saturated rings. The lowest BCUT2D eigenvalue weighted by Gasteiger charge is -2.42. The smallest absolute Gasteiger partial charge is 0.410 e. The highest BCUT2D eigenvalue weighted by Crippen LogP contribution is 2.33. The van der Waals surface area contributed by atoms with Crippen LogP contribution in [0, 0.1) is 23.2 Å². The fraction of sp³-hybridized carbons (Fsp3) is 0.559. The molecule has 0 spiro atoms. The molecule has 0 saturated heterocycles. The highest BCUT2D eigenvalue weighted by molar-refractivity contribution is 7.90. The van der Waals surface area contributed by atoms with Crippen LogP contribution in [0.25, 0.3) is 0 Å². The number of ketones is 1. The molecule has 0 aliphatic carbocycles. The quantitative estimate of drug-likeness (QED) is 0.0351. The SMILES string of the molecule is C/C(=C\[C@H](C(C)C)N(C)C(=O)[C@@H](NC(=O)[C@@H](N(C)C(=O)OC(C)(C)C)C(C)(C)c1ccccc1)C(C)(C)C)C(=O)NS(=O)(=O)c1ccc(NC(=O)[C@H](CCCNC(N)=O)CC(=O)[C@@H](NC(=O)CCOCCN2C(=O)C=CC2=O)C(C)C)cc1. The van der Waals surface area contributed by atoms with Crippen LogP contribution in [0.1, 0.15) is 121 Å². The maximum Gasteiger partial charge on any atom is 0.410 e. The number of ether oxygens (including phenoxy) is 2. The van der Waals surface area contributed by atoms with Crippen molar-refractivity contribution in [1.29, 1.82) is 0 Å². The van der Waals surface area contributed by atoms with Crippen LogP contribution in [0.5, 0.6) is 0 Å². The van der Waals surface area contributed by atoms with Crippen molar-refractivity contribution < 1.29 is 65.8 Å². The number of nitrogens with zero attached hydrogens (tertiary/aromatic N) is 3. The third-order valence-corrected chi connectivity index (χ3v) is 15.2. The summed E-state index contributed by atoms with van der Waals surface area (Å²) in [6, 6.07) is 9.21. The normalized spacial score (nSPS) is 15.0. The number of Topliss-reactive ketones (excluding diaryl/α,β-unsaturated/α-hetero) is 1. The molecule has 10 amide bonds. The zero-order valence-electron chi connectivity index (χ0n) is 50.7. The molecule has 23 nitrogen and oxygen atoms in total. The van der Waals surface area contributed by atoms with Gasteiger partial charge in [0.15, 0.2) is 5.78 Å². The number of benzene rings is 2. The third kappa shape index (κ3) is 21.0. The topological polar surface area (TPSA) is 319 Å². The van der Waals surface area contributed by atoms with Crippen molar-refractivity contribution in [2.24, 2.45) is 28.9 Å². The molecule has 24 heteroatoms. The largest absolute Gasteiger partial charge is 0.444 e. The number of amides is 10. The van der Waals surface area contributed by atoms with Crippen LogP contribution >= 0.6 is 0 Å². The number of primary amides is 1. The van der Waals surface area contributed by atoms with Crippen LogP contribution in [-0.4, -0.2) is 153 Å². The van der Waals surface area contributed by atoms with E-state index in [-0.39, 0.29) is 74.1 Å². The standard InChI is InChI=1S/C59H87N9O14S/c1-36(2)43(66(14)54(76)49(57(6,7)8)64-53(75)50(67(15)56(78)82-58(9,10)11)59(12,13)40-21-17-16-18-22-40)34-38(5)51(73)65-83(79,80)42-25-23-41(24-26-42)62-52(74)39(20-19-30-61-55(60)77)35-44(69)48(37(3)4)63-45(70)29-32-81-33-31-68-46(71)27-28-47(68)72/h16-18,21-28,34,36-37,39,43,48-50H,19-20,29-33,35H2,1-15H3,(H,62,74)(H,63,70)(H,64,75)(H,65,73)(H3,60,61,77)/b38-34+/t39-,43-,48+,49-,50-/m1/s1. The number of nitrogens with one attached hydrogen (secondary N) is 5. The van der Waals surface area contributed by atoms with Crippen molar-refractivity contribution in [3.05, 3.63) is 84.0 Å². The average Bonchev–Trinajstić information content (AvgIpc) is 3.94. The van der Waals surface area contributed by atoms with E-state index in [0.29, 0.717) is 0 Å². The predicted molar refractivity (Wildman–Crippen MR) is 312 cm³/mol. The zero-order chi connectivity index (χ0) is 62.9. The van der Waals surface area contributed by atoms with Gasteiger partial charge in [-0.3, -0.25) is 48.2 Å². The lowest BCUT2D eigenvalue weighted by Crippen LogP contribution is -2.63. The Morgan fingerprint density at radius 3 is 1.89 bits per heavy atom. The Bertz CT molecular complexity index is 2820. The van der Waals surface area contributed by atoms with Gasteiger partial charge < -0.3 is 41.4 Å². The van der Waals surface area contributed by atoms with Gasteiger partial charge in [-0.1, -0.05) is 98.7 Å². The first kappa shape index (κ1) is 69.8. The fourth-order valence-corrected chi connectivity index (χ4v) is 10.2. The van der Waals surface area contributed by atoms with Gasteiger partial charge in [0.2, 0.25) is 23.6 Å². The summed E-state index contributed by atoms with van der Waals surface area (Å²) in [6.07, 6.45) is 2.92. The van der Waals surface area contributed by atoms with Gasteiger partial charge in [-0.15, -0.1) is 0 Å². The summed E-state index contributed by atoms with van der Waals surface area (Å²) in [7, 11) is -1.54. The van der Waals surface area contributed by atoms with Crippen LogP contribution in [0.4, 0.5) is 15.3 Å². The Hall–Kier alpha value is -7.47. The van der Waals surface area contributed by atoms with Crippen molar-refractivity contribution >= 4 is 75.0 Å². The Labute approximate surface area is 488 Å². The molecule has 0 aromatic heterocycles. The van der Waals surface area contributed by atoms with Gasteiger partial charge in [0, 0.05) is 68.2 Å². The maximum atomic E-state index is 14.7. The molecule has 2 aromatic carbocycles. The average molecular weight is 1180 g/mol. The summed E-state index contributed by atoms with van der Waals surface area (Å²) in [5.74, 6) is -6.32. The van der Waals surface area contributed by atoms with Gasteiger partial charge in [-0.05, 0) is 87.6 Å². The molecular weight excluding hydrogens is 1090 g/mol. The van der Waals surface area contributed by atoms with Crippen molar-refractivity contribution in [3.63, 3.8) is 0 Å². The van der Waals surface area contributed by atoms with E-state index in [1.807, 2.05) is 58.0 Å². The van der Waals surface area contributed by atoms with E-state index in [2.05, 4.69) is 26.0 Å². The minimum atomic E-state index is -4.53. The molecule has 458 valence electrons. The summed E-state index contributed by atoms with van der Waals surface area (Å²) in [4.78, 5) is 135. The molecule has 1 heterocycles. The zero-order valence-corrected chi connectivity index (χ0v) is 51.5. The van der Waals surface area contributed by atoms with Crippen LogP contribution in [-0.2, 0) is 63.3 Å². The minimum absolute atomic E-state index is 0.00116. The van der Waals surface area contributed by atoms with Gasteiger partial charge in [0.05, 0.1) is 36.7 Å². The first-order chi connectivity index (χ1) is 38.4. The van der Waals surface area contributed by atoms with E-state index in [9.17, 15) is 56.4 Å². The lowest BCUT2D eigenvalue weighted by molar-refractivity contribution is -0.142. The molecule has 83 heavy (non-hydrogen) atoms. The molecule has 0 bridgehead atoms. The lowest BCUT2D eigenvalue weighted by atomic mass is 9.76. The predicted octanol–water partition coefficient (Wildman–Crippen LogP) is 5.10. The van der Waals surface area contributed by atoms with E-state index < -0.39 is 122 Å². The number of carbonyl (C=O) groups is 10. The Morgan fingerprint density at radius 1 is 0.771 bits per heavy atom. The number of hydrogen-bond donors (Lipinski definition) is 6. The number of likely N-dealkylation sites (N-methyl/N-ethyl adjacent to an activating group) is 2. The monoisotopic (exact) mass is 1180 g/mol. The molecule has 0 radical (unpaired) electrons. The van der Waals surface area contributed by atoms with Crippen LogP contribution in [0.15, 0.2) is 83.3 Å². The highest BCUT2D eigenvalue weighted by Gasteiger charge is 2.46. The summed E-state index contributed by atoms with van der Waals surface area (Å²) in [5.41, 5.74) is 3.32. The first-order valence-electron chi connectivity index (χ1n) is 27.6. The number of nitrogens with two attached hydrogens (primary N) is 1. The molecule has 0 saturated carbocycles. The molecule has 3 rings (SSSR count). The first-order valence-corrected chi connectivity index (χ1v) is 29.1. The summed E-state index contributed by atoms with van der Waals surface area (Å²) >= 11 is 0. The number of sulfonamides is 1.